The van der Waals surface area contributed by atoms with Crippen molar-refractivity contribution in [2.75, 3.05) is 0 Å². The molecule has 4 rings (SSSR count). The lowest BCUT2D eigenvalue weighted by atomic mass is 9.96. The monoisotopic (exact) mass is 400 g/mol. The van der Waals surface area contributed by atoms with Gasteiger partial charge in [-0.1, -0.05) is 53.0 Å². The van der Waals surface area contributed by atoms with Crippen molar-refractivity contribution in [1.82, 2.24) is 0 Å². The van der Waals surface area contributed by atoms with Gasteiger partial charge in [0, 0.05) is 15.1 Å². The Balaban J connectivity index is 2.03. The number of hydrogen-bond acceptors (Lipinski definition) is 1. The van der Waals surface area contributed by atoms with Crippen LogP contribution in [0.2, 0.25) is 15.1 Å². The quantitative estimate of drug-likeness (QED) is 0.374. The summed E-state index contributed by atoms with van der Waals surface area (Å²) in [5.41, 5.74) is 6.97. The van der Waals surface area contributed by atoms with Gasteiger partial charge >= 0.3 is 0 Å². The van der Waals surface area contributed by atoms with Crippen LogP contribution in [-0.4, -0.2) is 5.11 Å². The molecule has 0 aliphatic heterocycles. The Kier molecular flexibility index (Phi) is 4.58. The van der Waals surface area contributed by atoms with E-state index in [0.29, 0.717) is 15.1 Å². The van der Waals surface area contributed by atoms with Gasteiger partial charge in [-0.25, -0.2) is 0 Å². The normalized spacial score (nSPS) is 15.0. The summed E-state index contributed by atoms with van der Waals surface area (Å²) in [5.74, 6) is 0. The Labute approximate surface area is 167 Å². The van der Waals surface area contributed by atoms with Crippen molar-refractivity contribution >= 4 is 46.5 Å². The molecule has 1 N–H and O–H groups in total. The lowest BCUT2D eigenvalue weighted by molar-refractivity contribution is 0.200. The van der Waals surface area contributed by atoms with Gasteiger partial charge in [0.2, 0.25) is 0 Å². The van der Waals surface area contributed by atoms with Crippen LogP contribution in [0, 0.1) is 0 Å². The van der Waals surface area contributed by atoms with E-state index >= 15 is 0 Å². The standard InChI is InChI=1S/C22H15Cl3O/c1-12(26)18-10-16(25)11-21-19(8-13-2-4-14(23)5-3-13)20-9-15(24)6-7-17(20)22(18)21/h2-12,26H,1H3. The largest absolute Gasteiger partial charge is 0.389 e. The molecule has 0 saturated heterocycles. The average molecular weight is 402 g/mol. The molecule has 4 heteroatoms. The predicted octanol–water partition coefficient (Wildman–Crippen LogP) is 7.27. The van der Waals surface area contributed by atoms with Crippen LogP contribution in [-0.2, 0) is 0 Å². The number of fused-ring (bicyclic) bond motifs is 3. The Morgan fingerprint density at radius 2 is 1.42 bits per heavy atom. The van der Waals surface area contributed by atoms with Crippen molar-refractivity contribution in [1.29, 1.82) is 0 Å². The Morgan fingerprint density at radius 1 is 0.769 bits per heavy atom. The molecule has 0 saturated carbocycles. The second kappa shape index (κ2) is 6.75. The summed E-state index contributed by atoms with van der Waals surface area (Å²) < 4.78 is 0. The van der Waals surface area contributed by atoms with Crippen LogP contribution in [0.15, 0.2) is 54.6 Å². The van der Waals surface area contributed by atoms with Gasteiger partial charge in [-0.3, -0.25) is 0 Å². The van der Waals surface area contributed by atoms with Crippen molar-refractivity contribution in [3.05, 3.63) is 91.9 Å². The summed E-state index contributed by atoms with van der Waals surface area (Å²) in [6.45, 7) is 1.75. The van der Waals surface area contributed by atoms with E-state index in [1.807, 2.05) is 54.6 Å². The molecule has 0 radical (unpaired) electrons. The minimum absolute atomic E-state index is 0.598. The highest BCUT2D eigenvalue weighted by molar-refractivity contribution is 6.32. The van der Waals surface area contributed by atoms with Gasteiger partial charge in [0.1, 0.15) is 0 Å². The molecular formula is C22H15Cl3O. The van der Waals surface area contributed by atoms with Gasteiger partial charge in [-0.2, -0.15) is 0 Å². The fourth-order valence-electron chi connectivity index (χ4n) is 3.45. The van der Waals surface area contributed by atoms with Gasteiger partial charge in [0.05, 0.1) is 6.10 Å². The zero-order chi connectivity index (χ0) is 18.4. The lowest BCUT2D eigenvalue weighted by Gasteiger charge is -2.13. The van der Waals surface area contributed by atoms with Crippen molar-refractivity contribution in [2.45, 2.75) is 13.0 Å². The Bertz CT molecular complexity index is 1030. The third-order valence-corrected chi connectivity index (χ3v) is 5.30. The maximum Gasteiger partial charge on any atom is 0.0768 e. The number of benzene rings is 3. The second-order valence-electron chi connectivity index (χ2n) is 6.39. The van der Waals surface area contributed by atoms with Crippen LogP contribution in [0.4, 0.5) is 0 Å². The summed E-state index contributed by atoms with van der Waals surface area (Å²) in [5, 5.41) is 12.2. The van der Waals surface area contributed by atoms with Crippen LogP contribution < -0.4 is 0 Å². The Hall–Kier alpha value is -1.77. The van der Waals surface area contributed by atoms with Crippen molar-refractivity contribution in [3.8, 4) is 11.1 Å². The fraction of sp³-hybridized carbons (Fsp3) is 0.0909. The van der Waals surface area contributed by atoms with Crippen LogP contribution in [0.3, 0.4) is 0 Å². The molecule has 1 atom stereocenters. The molecule has 3 aromatic rings. The Morgan fingerprint density at radius 3 is 2.12 bits per heavy atom. The number of aliphatic hydroxyl groups excluding tert-OH is 1. The third kappa shape index (κ3) is 3.06. The summed E-state index contributed by atoms with van der Waals surface area (Å²) in [6, 6.07) is 17.3. The highest BCUT2D eigenvalue weighted by Gasteiger charge is 2.28. The lowest BCUT2D eigenvalue weighted by Crippen LogP contribution is -1.96. The van der Waals surface area contributed by atoms with E-state index in [9.17, 15) is 5.11 Å². The molecule has 0 amide bonds. The summed E-state index contributed by atoms with van der Waals surface area (Å²) >= 11 is 18.6. The van der Waals surface area contributed by atoms with E-state index in [4.69, 9.17) is 34.8 Å². The van der Waals surface area contributed by atoms with E-state index in [1.54, 1.807) is 6.92 Å². The SMILES string of the molecule is CC(O)c1cc(Cl)cc2c1-c1ccc(Cl)cc1C2=Cc1ccc(Cl)cc1. The maximum atomic E-state index is 10.3. The first-order chi connectivity index (χ1) is 12.4. The predicted molar refractivity (Wildman–Crippen MR) is 111 cm³/mol. The zero-order valence-corrected chi connectivity index (χ0v) is 16.2. The van der Waals surface area contributed by atoms with Crippen LogP contribution >= 0.6 is 34.8 Å². The molecule has 26 heavy (non-hydrogen) atoms. The highest BCUT2D eigenvalue weighted by Crippen LogP contribution is 2.49. The van der Waals surface area contributed by atoms with Crippen LogP contribution in [0.5, 0.6) is 0 Å². The first kappa shape index (κ1) is 17.6. The molecule has 0 heterocycles. The number of halogens is 3. The van der Waals surface area contributed by atoms with E-state index < -0.39 is 6.10 Å². The molecule has 0 fully saturated rings. The van der Waals surface area contributed by atoms with Crippen molar-refractivity contribution < 1.29 is 5.11 Å². The van der Waals surface area contributed by atoms with Crippen molar-refractivity contribution in [3.63, 3.8) is 0 Å². The smallest absolute Gasteiger partial charge is 0.0768 e. The minimum atomic E-state index is -0.624. The molecule has 0 aromatic heterocycles. The van der Waals surface area contributed by atoms with Crippen LogP contribution in [0.25, 0.3) is 22.8 Å². The topological polar surface area (TPSA) is 20.2 Å². The molecular weight excluding hydrogens is 387 g/mol. The van der Waals surface area contributed by atoms with E-state index in [2.05, 4.69) is 6.08 Å². The molecule has 0 bridgehead atoms. The first-order valence-electron chi connectivity index (χ1n) is 8.23. The third-order valence-electron chi connectivity index (χ3n) is 4.60. The van der Waals surface area contributed by atoms with Gasteiger partial charge in [0.25, 0.3) is 0 Å². The molecule has 0 spiro atoms. The highest BCUT2D eigenvalue weighted by atomic mass is 35.5. The fourth-order valence-corrected chi connectivity index (χ4v) is 3.98. The molecule has 3 aromatic carbocycles. The number of rotatable bonds is 2. The molecule has 130 valence electrons. The summed E-state index contributed by atoms with van der Waals surface area (Å²) in [7, 11) is 0. The van der Waals surface area contributed by atoms with Gasteiger partial charge < -0.3 is 5.11 Å². The second-order valence-corrected chi connectivity index (χ2v) is 7.70. The first-order valence-corrected chi connectivity index (χ1v) is 9.37. The molecule has 1 unspecified atom stereocenters. The zero-order valence-electron chi connectivity index (χ0n) is 13.9. The molecule has 1 aliphatic carbocycles. The minimum Gasteiger partial charge on any atom is -0.389 e. The van der Waals surface area contributed by atoms with Crippen LogP contribution in [0.1, 0.15) is 35.3 Å². The van der Waals surface area contributed by atoms with E-state index in [1.165, 1.54) is 0 Å². The van der Waals surface area contributed by atoms with Crippen molar-refractivity contribution in [2.24, 2.45) is 0 Å². The molecule has 1 nitrogen and oxygen atoms in total. The van der Waals surface area contributed by atoms with Gasteiger partial charge in [0.15, 0.2) is 0 Å². The van der Waals surface area contributed by atoms with Gasteiger partial charge in [-0.05, 0) is 88.4 Å². The van der Waals surface area contributed by atoms with E-state index in [-0.39, 0.29) is 0 Å². The van der Waals surface area contributed by atoms with Gasteiger partial charge in [-0.15, -0.1) is 0 Å². The van der Waals surface area contributed by atoms with E-state index in [0.717, 1.165) is 39.0 Å². The summed E-state index contributed by atoms with van der Waals surface area (Å²) in [4.78, 5) is 0. The maximum absolute atomic E-state index is 10.3. The number of aliphatic hydroxyl groups is 1. The summed E-state index contributed by atoms with van der Waals surface area (Å²) in [6.07, 6.45) is 1.47. The average Bonchev–Trinajstić information content (AvgIpc) is 2.89. The molecule has 1 aliphatic rings. The number of hydrogen-bond donors (Lipinski definition) is 1.